The molecule has 1 fully saturated rings. The third-order valence-electron chi connectivity index (χ3n) is 3.49. The number of benzene rings is 1. The highest BCUT2D eigenvalue weighted by Crippen LogP contribution is 2.24. The standard InChI is InChI=1S/C14H16N2O2/c17-14-16-13(15-10-6-2-1-3-7-10)11-8-4-5-9-12(11)18-14/h4-5,8-10H,1-3,6-7H2,(H,15,16,17). The van der Waals surface area contributed by atoms with Gasteiger partial charge >= 0.3 is 5.76 Å². The zero-order valence-electron chi connectivity index (χ0n) is 10.2. The van der Waals surface area contributed by atoms with Crippen molar-refractivity contribution in [2.45, 2.75) is 38.1 Å². The number of nitrogens with one attached hydrogen (secondary N) is 1. The second-order valence-corrected chi connectivity index (χ2v) is 4.80. The fourth-order valence-corrected chi connectivity index (χ4v) is 2.57. The quantitative estimate of drug-likeness (QED) is 0.882. The fourth-order valence-electron chi connectivity index (χ4n) is 2.57. The summed E-state index contributed by atoms with van der Waals surface area (Å²) in [6.07, 6.45) is 6.10. The van der Waals surface area contributed by atoms with Gasteiger partial charge in [-0.3, -0.25) is 0 Å². The van der Waals surface area contributed by atoms with E-state index in [1.54, 1.807) is 6.07 Å². The first-order valence-corrected chi connectivity index (χ1v) is 6.49. The summed E-state index contributed by atoms with van der Waals surface area (Å²) in [4.78, 5) is 15.4. The molecule has 1 N–H and O–H groups in total. The molecule has 0 radical (unpaired) electrons. The van der Waals surface area contributed by atoms with Gasteiger partial charge in [0.2, 0.25) is 0 Å². The van der Waals surface area contributed by atoms with Gasteiger partial charge < -0.3 is 9.73 Å². The molecule has 0 aliphatic heterocycles. The van der Waals surface area contributed by atoms with E-state index < -0.39 is 5.76 Å². The Bertz CT molecular complexity index is 600. The minimum Gasteiger partial charge on any atom is -0.408 e. The van der Waals surface area contributed by atoms with Crippen LogP contribution in [0.4, 0.5) is 5.82 Å². The van der Waals surface area contributed by atoms with Gasteiger partial charge in [0.05, 0.1) is 5.39 Å². The SMILES string of the molecule is O=c1nc(NC2CCCCC2)c2ccccc2o1. The lowest BCUT2D eigenvalue weighted by Gasteiger charge is -2.23. The van der Waals surface area contributed by atoms with Gasteiger partial charge in [0.1, 0.15) is 11.4 Å². The number of aromatic nitrogens is 1. The second kappa shape index (κ2) is 4.80. The van der Waals surface area contributed by atoms with Crippen molar-refractivity contribution in [3.63, 3.8) is 0 Å². The lowest BCUT2D eigenvalue weighted by molar-refractivity contribution is 0.460. The van der Waals surface area contributed by atoms with Crippen molar-refractivity contribution in [3.8, 4) is 0 Å². The number of hydrogen-bond acceptors (Lipinski definition) is 4. The first-order chi connectivity index (χ1) is 8.83. The largest absolute Gasteiger partial charge is 0.441 e. The fraction of sp³-hybridized carbons (Fsp3) is 0.429. The van der Waals surface area contributed by atoms with Crippen molar-refractivity contribution in [2.75, 3.05) is 5.32 Å². The Morgan fingerprint density at radius 3 is 2.78 bits per heavy atom. The van der Waals surface area contributed by atoms with Crippen LogP contribution in [0, 0.1) is 0 Å². The van der Waals surface area contributed by atoms with Crippen LogP contribution in [0.15, 0.2) is 33.5 Å². The first-order valence-electron chi connectivity index (χ1n) is 6.49. The molecule has 0 bridgehead atoms. The summed E-state index contributed by atoms with van der Waals surface area (Å²) in [6, 6.07) is 7.93. The zero-order chi connectivity index (χ0) is 12.4. The van der Waals surface area contributed by atoms with Crippen molar-refractivity contribution in [1.29, 1.82) is 0 Å². The Hall–Kier alpha value is -1.84. The topological polar surface area (TPSA) is 55.1 Å². The van der Waals surface area contributed by atoms with Crippen molar-refractivity contribution < 1.29 is 4.42 Å². The zero-order valence-corrected chi connectivity index (χ0v) is 10.2. The summed E-state index contributed by atoms with van der Waals surface area (Å²) in [5.41, 5.74) is 0.593. The average Bonchev–Trinajstić information content (AvgIpc) is 2.40. The van der Waals surface area contributed by atoms with Gasteiger partial charge in [-0.2, -0.15) is 4.98 Å². The van der Waals surface area contributed by atoms with Gasteiger partial charge in [0, 0.05) is 6.04 Å². The number of fused-ring (bicyclic) bond motifs is 1. The van der Waals surface area contributed by atoms with Crippen LogP contribution in [0.25, 0.3) is 11.0 Å². The molecule has 18 heavy (non-hydrogen) atoms. The molecule has 0 spiro atoms. The number of hydrogen-bond donors (Lipinski definition) is 1. The Morgan fingerprint density at radius 2 is 1.94 bits per heavy atom. The summed E-state index contributed by atoms with van der Waals surface area (Å²) in [6.45, 7) is 0. The van der Waals surface area contributed by atoms with Crippen LogP contribution >= 0.6 is 0 Å². The molecule has 4 nitrogen and oxygen atoms in total. The molecule has 0 atom stereocenters. The molecule has 1 aromatic heterocycles. The molecule has 94 valence electrons. The van der Waals surface area contributed by atoms with Crippen LogP contribution in [-0.4, -0.2) is 11.0 Å². The van der Waals surface area contributed by atoms with E-state index in [-0.39, 0.29) is 0 Å². The van der Waals surface area contributed by atoms with Gasteiger partial charge in [-0.25, -0.2) is 4.79 Å². The molecule has 1 heterocycles. The van der Waals surface area contributed by atoms with E-state index in [1.807, 2.05) is 18.2 Å². The van der Waals surface area contributed by atoms with E-state index in [2.05, 4.69) is 10.3 Å². The van der Waals surface area contributed by atoms with E-state index >= 15 is 0 Å². The summed E-state index contributed by atoms with van der Waals surface area (Å²) in [5, 5.41) is 4.27. The molecule has 3 rings (SSSR count). The minimum atomic E-state index is -0.535. The Labute approximate surface area is 105 Å². The highest BCUT2D eigenvalue weighted by Gasteiger charge is 2.15. The Morgan fingerprint density at radius 1 is 1.17 bits per heavy atom. The maximum absolute atomic E-state index is 11.4. The van der Waals surface area contributed by atoms with Crippen LogP contribution in [-0.2, 0) is 0 Å². The molecular weight excluding hydrogens is 228 g/mol. The number of rotatable bonds is 2. The summed E-state index contributed by atoms with van der Waals surface area (Å²) >= 11 is 0. The van der Waals surface area contributed by atoms with Crippen LogP contribution < -0.4 is 11.1 Å². The molecular formula is C14H16N2O2. The minimum absolute atomic E-state index is 0.427. The van der Waals surface area contributed by atoms with Crippen LogP contribution in [0.3, 0.4) is 0 Å². The smallest absolute Gasteiger partial charge is 0.408 e. The van der Waals surface area contributed by atoms with Crippen molar-refractivity contribution >= 4 is 16.8 Å². The van der Waals surface area contributed by atoms with Gasteiger partial charge in [-0.1, -0.05) is 31.4 Å². The predicted octanol–water partition coefficient (Wildman–Crippen LogP) is 2.93. The lowest BCUT2D eigenvalue weighted by Crippen LogP contribution is -2.24. The van der Waals surface area contributed by atoms with Crippen LogP contribution in [0.5, 0.6) is 0 Å². The van der Waals surface area contributed by atoms with E-state index in [9.17, 15) is 4.79 Å². The average molecular weight is 244 g/mol. The maximum atomic E-state index is 11.4. The highest BCUT2D eigenvalue weighted by molar-refractivity contribution is 5.87. The van der Waals surface area contributed by atoms with E-state index in [1.165, 1.54) is 19.3 Å². The number of nitrogens with zero attached hydrogens (tertiary/aromatic N) is 1. The van der Waals surface area contributed by atoms with Crippen LogP contribution in [0.2, 0.25) is 0 Å². The Balaban J connectivity index is 1.97. The lowest BCUT2D eigenvalue weighted by atomic mass is 9.95. The number of anilines is 1. The van der Waals surface area contributed by atoms with Crippen molar-refractivity contribution in [3.05, 3.63) is 34.8 Å². The first kappa shape index (κ1) is 11.3. The molecule has 1 aromatic carbocycles. The third-order valence-corrected chi connectivity index (χ3v) is 3.49. The van der Waals surface area contributed by atoms with E-state index in [0.29, 0.717) is 17.4 Å². The van der Waals surface area contributed by atoms with E-state index in [0.717, 1.165) is 18.2 Å². The predicted molar refractivity (Wildman–Crippen MR) is 70.8 cm³/mol. The van der Waals surface area contributed by atoms with Crippen molar-refractivity contribution in [1.82, 2.24) is 4.98 Å². The molecule has 2 aromatic rings. The van der Waals surface area contributed by atoms with Gasteiger partial charge in [-0.05, 0) is 25.0 Å². The molecule has 0 saturated heterocycles. The summed E-state index contributed by atoms with van der Waals surface area (Å²) in [5.74, 6) is 0.126. The maximum Gasteiger partial charge on any atom is 0.441 e. The molecule has 1 aliphatic rings. The monoisotopic (exact) mass is 244 g/mol. The molecule has 4 heteroatoms. The second-order valence-electron chi connectivity index (χ2n) is 4.80. The molecule has 1 saturated carbocycles. The molecule has 0 amide bonds. The summed E-state index contributed by atoms with van der Waals surface area (Å²) in [7, 11) is 0. The van der Waals surface area contributed by atoms with E-state index in [4.69, 9.17) is 4.42 Å². The summed E-state index contributed by atoms with van der Waals surface area (Å²) < 4.78 is 5.08. The highest BCUT2D eigenvalue weighted by atomic mass is 16.4. The van der Waals surface area contributed by atoms with Crippen molar-refractivity contribution in [2.24, 2.45) is 0 Å². The Kier molecular flexibility index (Phi) is 3.00. The van der Waals surface area contributed by atoms with Crippen LogP contribution in [0.1, 0.15) is 32.1 Å². The normalized spacial score (nSPS) is 16.9. The number of para-hydroxylation sites is 1. The molecule has 1 aliphatic carbocycles. The third kappa shape index (κ3) is 2.23. The van der Waals surface area contributed by atoms with Gasteiger partial charge in [0.25, 0.3) is 0 Å². The van der Waals surface area contributed by atoms with Gasteiger partial charge in [-0.15, -0.1) is 0 Å². The van der Waals surface area contributed by atoms with Gasteiger partial charge in [0.15, 0.2) is 0 Å². The molecule has 0 unspecified atom stereocenters.